The normalized spacial score (nSPS) is 39.2. The van der Waals surface area contributed by atoms with Crippen molar-refractivity contribution >= 4 is 0 Å². The minimum atomic E-state index is 0.452. The summed E-state index contributed by atoms with van der Waals surface area (Å²) in [5.41, 5.74) is 6.77. The van der Waals surface area contributed by atoms with Gasteiger partial charge in [-0.3, -0.25) is 4.90 Å². The van der Waals surface area contributed by atoms with Crippen molar-refractivity contribution in [3.8, 4) is 0 Å². The standard InChI is InChI=1S/C15H30N2/c1-4-12-11-17(9-7-14(12)16)13-6-5-8-15(2,3)10-13/h12-14H,4-11,16H2,1-3H3. The summed E-state index contributed by atoms with van der Waals surface area (Å²) >= 11 is 0. The van der Waals surface area contributed by atoms with Crippen molar-refractivity contribution in [2.75, 3.05) is 13.1 Å². The van der Waals surface area contributed by atoms with Crippen LogP contribution >= 0.6 is 0 Å². The highest BCUT2D eigenvalue weighted by molar-refractivity contribution is 4.90. The minimum absolute atomic E-state index is 0.452. The molecule has 2 nitrogen and oxygen atoms in total. The van der Waals surface area contributed by atoms with E-state index in [1.54, 1.807) is 0 Å². The van der Waals surface area contributed by atoms with Crippen molar-refractivity contribution in [2.24, 2.45) is 17.1 Å². The molecule has 100 valence electrons. The third kappa shape index (κ3) is 3.23. The van der Waals surface area contributed by atoms with Crippen molar-refractivity contribution in [2.45, 2.75) is 71.4 Å². The van der Waals surface area contributed by atoms with Gasteiger partial charge in [-0.1, -0.05) is 33.6 Å². The lowest BCUT2D eigenvalue weighted by molar-refractivity contribution is 0.0514. The summed E-state index contributed by atoms with van der Waals surface area (Å²) in [6.45, 7) is 9.65. The Hall–Kier alpha value is -0.0800. The van der Waals surface area contributed by atoms with Crippen LogP contribution in [-0.4, -0.2) is 30.1 Å². The summed E-state index contributed by atoms with van der Waals surface area (Å²) in [5, 5.41) is 0. The number of likely N-dealkylation sites (tertiary alicyclic amines) is 1. The maximum absolute atomic E-state index is 6.21. The average Bonchev–Trinajstić information content (AvgIpc) is 2.28. The zero-order chi connectivity index (χ0) is 12.5. The number of hydrogen-bond acceptors (Lipinski definition) is 2. The molecule has 1 heterocycles. The SMILES string of the molecule is CCC1CN(C2CCCC(C)(C)C2)CCC1N. The Kier molecular flexibility index (Phi) is 4.14. The highest BCUT2D eigenvalue weighted by atomic mass is 15.2. The first-order valence-electron chi connectivity index (χ1n) is 7.51. The van der Waals surface area contributed by atoms with Crippen LogP contribution in [0.1, 0.15) is 59.3 Å². The van der Waals surface area contributed by atoms with Crippen LogP contribution in [0.15, 0.2) is 0 Å². The maximum Gasteiger partial charge on any atom is 0.0100 e. The smallest absolute Gasteiger partial charge is 0.0100 e. The van der Waals surface area contributed by atoms with Crippen molar-refractivity contribution in [1.82, 2.24) is 4.90 Å². The van der Waals surface area contributed by atoms with Gasteiger partial charge in [0.05, 0.1) is 0 Å². The first kappa shape index (κ1) is 13.4. The van der Waals surface area contributed by atoms with Gasteiger partial charge in [-0.2, -0.15) is 0 Å². The van der Waals surface area contributed by atoms with Gasteiger partial charge in [0.25, 0.3) is 0 Å². The quantitative estimate of drug-likeness (QED) is 0.801. The zero-order valence-corrected chi connectivity index (χ0v) is 11.9. The molecule has 0 radical (unpaired) electrons. The van der Waals surface area contributed by atoms with E-state index in [1.807, 2.05) is 0 Å². The second-order valence-corrected chi connectivity index (χ2v) is 7.03. The molecule has 17 heavy (non-hydrogen) atoms. The van der Waals surface area contributed by atoms with E-state index in [9.17, 15) is 0 Å². The fraction of sp³-hybridized carbons (Fsp3) is 1.00. The van der Waals surface area contributed by atoms with E-state index < -0.39 is 0 Å². The van der Waals surface area contributed by atoms with Gasteiger partial charge in [0.2, 0.25) is 0 Å². The van der Waals surface area contributed by atoms with Crippen LogP contribution in [0.4, 0.5) is 0 Å². The largest absolute Gasteiger partial charge is 0.327 e. The lowest BCUT2D eigenvalue weighted by atomic mass is 9.74. The monoisotopic (exact) mass is 238 g/mol. The van der Waals surface area contributed by atoms with Gasteiger partial charge in [-0.05, 0) is 43.6 Å². The Balaban J connectivity index is 1.93. The lowest BCUT2D eigenvalue weighted by Gasteiger charge is -2.46. The van der Waals surface area contributed by atoms with Crippen LogP contribution in [0.25, 0.3) is 0 Å². The van der Waals surface area contributed by atoms with E-state index in [-0.39, 0.29) is 0 Å². The molecule has 0 amide bonds. The summed E-state index contributed by atoms with van der Waals surface area (Å²) < 4.78 is 0. The Morgan fingerprint density at radius 3 is 2.71 bits per heavy atom. The molecule has 1 aliphatic heterocycles. The molecule has 0 spiro atoms. The first-order chi connectivity index (χ1) is 8.02. The molecule has 0 aromatic carbocycles. The van der Waals surface area contributed by atoms with Crippen LogP contribution in [0.3, 0.4) is 0 Å². The van der Waals surface area contributed by atoms with Crippen molar-refractivity contribution < 1.29 is 0 Å². The Labute approximate surface area is 107 Å². The van der Waals surface area contributed by atoms with E-state index in [1.165, 1.54) is 51.6 Å². The van der Waals surface area contributed by atoms with Crippen LogP contribution < -0.4 is 5.73 Å². The molecule has 2 aliphatic rings. The molecule has 1 aliphatic carbocycles. The predicted molar refractivity (Wildman–Crippen MR) is 74.0 cm³/mol. The van der Waals surface area contributed by atoms with Gasteiger partial charge in [-0.15, -0.1) is 0 Å². The fourth-order valence-corrected chi connectivity index (χ4v) is 3.81. The molecule has 2 fully saturated rings. The summed E-state index contributed by atoms with van der Waals surface area (Å²) in [6.07, 6.45) is 8.07. The number of piperidine rings is 1. The maximum atomic E-state index is 6.21. The molecule has 2 rings (SSSR count). The second-order valence-electron chi connectivity index (χ2n) is 7.03. The van der Waals surface area contributed by atoms with E-state index in [0.29, 0.717) is 11.5 Å². The van der Waals surface area contributed by atoms with E-state index in [0.717, 1.165) is 12.0 Å². The third-order valence-corrected chi connectivity index (χ3v) is 5.04. The van der Waals surface area contributed by atoms with Gasteiger partial charge in [0.1, 0.15) is 0 Å². The van der Waals surface area contributed by atoms with Gasteiger partial charge in [0, 0.05) is 18.6 Å². The Morgan fingerprint density at radius 2 is 2.06 bits per heavy atom. The molecule has 0 aromatic heterocycles. The van der Waals surface area contributed by atoms with Gasteiger partial charge < -0.3 is 5.73 Å². The van der Waals surface area contributed by atoms with Crippen LogP contribution in [0.5, 0.6) is 0 Å². The minimum Gasteiger partial charge on any atom is -0.327 e. The predicted octanol–water partition coefficient (Wildman–Crippen LogP) is 3.01. The fourth-order valence-electron chi connectivity index (χ4n) is 3.81. The molecular weight excluding hydrogens is 208 g/mol. The lowest BCUT2D eigenvalue weighted by Crippen LogP contribution is -2.52. The number of nitrogens with two attached hydrogens (primary N) is 1. The molecule has 3 unspecified atom stereocenters. The van der Waals surface area contributed by atoms with Crippen LogP contribution in [0.2, 0.25) is 0 Å². The second kappa shape index (κ2) is 5.27. The van der Waals surface area contributed by atoms with Crippen molar-refractivity contribution in [3.63, 3.8) is 0 Å². The van der Waals surface area contributed by atoms with Crippen molar-refractivity contribution in [3.05, 3.63) is 0 Å². The van der Waals surface area contributed by atoms with Gasteiger partial charge in [0.15, 0.2) is 0 Å². The molecular formula is C15H30N2. The van der Waals surface area contributed by atoms with Crippen LogP contribution in [-0.2, 0) is 0 Å². The molecule has 2 N–H and O–H groups in total. The molecule has 1 saturated heterocycles. The van der Waals surface area contributed by atoms with E-state index >= 15 is 0 Å². The van der Waals surface area contributed by atoms with Gasteiger partial charge >= 0.3 is 0 Å². The zero-order valence-electron chi connectivity index (χ0n) is 11.9. The average molecular weight is 238 g/mol. The molecule has 1 saturated carbocycles. The number of rotatable bonds is 2. The highest BCUT2D eigenvalue weighted by Crippen LogP contribution is 2.38. The molecule has 0 bridgehead atoms. The topological polar surface area (TPSA) is 29.3 Å². The summed E-state index contributed by atoms with van der Waals surface area (Å²) in [7, 11) is 0. The van der Waals surface area contributed by atoms with Gasteiger partial charge in [-0.25, -0.2) is 0 Å². The highest BCUT2D eigenvalue weighted by Gasteiger charge is 2.34. The molecule has 0 aromatic rings. The number of nitrogens with zero attached hydrogens (tertiary/aromatic N) is 1. The Morgan fingerprint density at radius 1 is 1.29 bits per heavy atom. The van der Waals surface area contributed by atoms with Crippen LogP contribution in [0, 0.1) is 11.3 Å². The van der Waals surface area contributed by atoms with E-state index in [4.69, 9.17) is 5.73 Å². The van der Waals surface area contributed by atoms with Crippen molar-refractivity contribution in [1.29, 1.82) is 0 Å². The molecule has 3 atom stereocenters. The molecule has 2 heteroatoms. The summed E-state index contributed by atoms with van der Waals surface area (Å²) in [6, 6.07) is 1.29. The summed E-state index contributed by atoms with van der Waals surface area (Å²) in [4.78, 5) is 2.75. The summed E-state index contributed by atoms with van der Waals surface area (Å²) in [5.74, 6) is 0.730. The first-order valence-corrected chi connectivity index (χ1v) is 7.51. The number of hydrogen-bond donors (Lipinski definition) is 1. The third-order valence-electron chi connectivity index (χ3n) is 5.04. The van der Waals surface area contributed by atoms with E-state index in [2.05, 4.69) is 25.7 Å². The Bertz CT molecular complexity index is 249.